The second-order valence-electron chi connectivity index (χ2n) is 5.75. The van der Waals surface area contributed by atoms with E-state index < -0.39 is 0 Å². The van der Waals surface area contributed by atoms with Gasteiger partial charge >= 0.3 is 0 Å². The van der Waals surface area contributed by atoms with Gasteiger partial charge in [-0.3, -0.25) is 4.99 Å². The predicted molar refractivity (Wildman–Crippen MR) is 102 cm³/mol. The van der Waals surface area contributed by atoms with Crippen molar-refractivity contribution in [2.45, 2.75) is 32.7 Å². The van der Waals surface area contributed by atoms with Gasteiger partial charge in [-0.05, 0) is 43.7 Å². The summed E-state index contributed by atoms with van der Waals surface area (Å²) >= 11 is 0. The van der Waals surface area contributed by atoms with Crippen LogP contribution in [0.3, 0.4) is 0 Å². The van der Waals surface area contributed by atoms with E-state index >= 15 is 0 Å². The standard InChI is InChI=1S/C19H30N4O/c1-3-24-16-7-6-12-21-19(20-2)22-13-8-14-23-15-11-17-9-4-5-10-18(17)23/h4-5,9-11,15H,3,6-8,12-14,16H2,1-2H3,(H2,20,21,22). The van der Waals surface area contributed by atoms with Gasteiger partial charge in [-0.15, -0.1) is 0 Å². The molecule has 1 heterocycles. The number of aryl methyl sites for hydroxylation is 1. The molecule has 2 N–H and O–H groups in total. The normalized spacial score (nSPS) is 11.8. The smallest absolute Gasteiger partial charge is 0.190 e. The van der Waals surface area contributed by atoms with Crippen molar-refractivity contribution >= 4 is 16.9 Å². The van der Waals surface area contributed by atoms with Crippen molar-refractivity contribution in [2.75, 3.05) is 33.4 Å². The highest BCUT2D eigenvalue weighted by Crippen LogP contribution is 2.15. The molecule has 0 radical (unpaired) electrons. The summed E-state index contributed by atoms with van der Waals surface area (Å²) in [6, 6.07) is 10.7. The number of aliphatic imine (C=N–C) groups is 1. The van der Waals surface area contributed by atoms with Crippen LogP contribution in [0, 0.1) is 0 Å². The van der Waals surface area contributed by atoms with Crippen LogP contribution in [0.25, 0.3) is 10.9 Å². The number of rotatable bonds is 10. The summed E-state index contributed by atoms with van der Waals surface area (Å²) in [5, 5.41) is 8.02. The van der Waals surface area contributed by atoms with Crippen LogP contribution in [0.15, 0.2) is 41.5 Å². The Morgan fingerprint density at radius 3 is 2.67 bits per heavy atom. The molecule has 0 amide bonds. The fraction of sp³-hybridized carbons (Fsp3) is 0.526. The molecule has 2 rings (SSSR count). The number of para-hydroxylation sites is 1. The molecular weight excluding hydrogens is 300 g/mol. The van der Waals surface area contributed by atoms with E-state index in [1.807, 2.05) is 14.0 Å². The Kier molecular flexibility index (Phi) is 8.18. The summed E-state index contributed by atoms with van der Waals surface area (Å²) in [5.74, 6) is 0.878. The lowest BCUT2D eigenvalue weighted by molar-refractivity contribution is 0.143. The molecule has 5 heteroatoms. The number of guanidine groups is 1. The number of fused-ring (bicyclic) bond motifs is 1. The molecule has 0 aliphatic rings. The van der Waals surface area contributed by atoms with E-state index in [2.05, 4.69) is 56.7 Å². The Labute approximate surface area is 145 Å². The molecule has 0 unspecified atom stereocenters. The Morgan fingerprint density at radius 2 is 1.88 bits per heavy atom. The molecule has 0 aliphatic carbocycles. The molecule has 0 atom stereocenters. The number of nitrogens with zero attached hydrogens (tertiary/aromatic N) is 2. The summed E-state index contributed by atoms with van der Waals surface area (Å²) < 4.78 is 7.64. The maximum absolute atomic E-state index is 5.34. The van der Waals surface area contributed by atoms with Crippen molar-refractivity contribution in [2.24, 2.45) is 4.99 Å². The highest BCUT2D eigenvalue weighted by atomic mass is 16.5. The molecule has 0 saturated heterocycles. The molecule has 5 nitrogen and oxygen atoms in total. The van der Waals surface area contributed by atoms with E-state index in [9.17, 15) is 0 Å². The molecule has 0 fully saturated rings. The summed E-state index contributed by atoms with van der Waals surface area (Å²) in [7, 11) is 1.81. The van der Waals surface area contributed by atoms with Crippen LogP contribution in [-0.2, 0) is 11.3 Å². The molecule has 2 aromatic rings. The van der Waals surface area contributed by atoms with Gasteiger partial charge in [0.15, 0.2) is 5.96 Å². The van der Waals surface area contributed by atoms with Crippen molar-refractivity contribution in [3.8, 4) is 0 Å². The van der Waals surface area contributed by atoms with Gasteiger partial charge in [-0.2, -0.15) is 0 Å². The lowest BCUT2D eigenvalue weighted by Crippen LogP contribution is -2.38. The summed E-state index contributed by atoms with van der Waals surface area (Å²) in [5.41, 5.74) is 1.30. The van der Waals surface area contributed by atoms with Crippen molar-refractivity contribution in [3.63, 3.8) is 0 Å². The van der Waals surface area contributed by atoms with Crippen LogP contribution in [0.5, 0.6) is 0 Å². The predicted octanol–water partition coefficient (Wildman–Crippen LogP) is 3.01. The quantitative estimate of drug-likeness (QED) is 0.400. The van der Waals surface area contributed by atoms with Crippen molar-refractivity contribution in [1.82, 2.24) is 15.2 Å². The van der Waals surface area contributed by atoms with Crippen molar-refractivity contribution in [1.29, 1.82) is 0 Å². The Morgan fingerprint density at radius 1 is 1.08 bits per heavy atom. The number of nitrogens with one attached hydrogen (secondary N) is 2. The average Bonchev–Trinajstić information content (AvgIpc) is 3.03. The molecule has 0 saturated carbocycles. The number of benzene rings is 1. The zero-order valence-corrected chi connectivity index (χ0v) is 14.9. The third-order valence-corrected chi connectivity index (χ3v) is 3.98. The summed E-state index contributed by atoms with van der Waals surface area (Å²) in [6.45, 7) is 6.51. The number of ether oxygens (including phenoxy) is 1. The van der Waals surface area contributed by atoms with Gasteiger partial charge in [-0.1, -0.05) is 18.2 Å². The highest BCUT2D eigenvalue weighted by Gasteiger charge is 2.00. The van der Waals surface area contributed by atoms with Crippen LogP contribution < -0.4 is 10.6 Å². The SMILES string of the molecule is CCOCCCCNC(=NC)NCCCn1ccc2ccccc21. The first-order valence-electron chi connectivity index (χ1n) is 8.91. The highest BCUT2D eigenvalue weighted by molar-refractivity contribution is 5.80. The maximum Gasteiger partial charge on any atom is 0.190 e. The zero-order valence-electron chi connectivity index (χ0n) is 14.9. The second-order valence-corrected chi connectivity index (χ2v) is 5.75. The van der Waals surface area contributed by atoms with E-state index in [1.54, 1.807) is 0 Å². The van der Waals surface area contributed by atoms with Crippen LogP contribution >= 0.6 is 0 Å². The first-order chi connectivity index (χ1) is 11.8. The minimum atomic E-state index is 0.799. The third-order valence-electron chi connectivity index (χ3n) is 3.98. The van der Waals surface area contributed by atoms with E-state index in [0.29, 0.717) is 0 Å². The Balaban J connectivity index is 1.62. The van der Waals surface area contributed by atoms with Gasteiger partial charge < -0.3 is 19.9 Å². The molecule has 1 aromatic carbocycles. The van der Waals surface area contributed by atoms with Crippen LogP contribution in [-0.4, -0.2) is 43.9 Å². The first-order valence-corrected chi connectivity index (χ1v) is 8.91. The van der Waals surface area contributed by atoms with Crippen LogP contribution in [0.1, 0.15) is 26.2 Å². The van der Waals surface area contributed by atoms with Gasteiger partial charge in [0.25, 0.3) is 0 Å². The monoisotopic (exact) mass is 330 g/mol. The van der Waals surface area contributed by atoms with E-state index in [4.69, 9.17) is 4.74 Å². The van der Waals surface area contributed by atoms with E-state index in [-0.39, 0.29) is 0 Å². The van der Waals surface area contributed by atoms with Gasteiger partial charge in [-0.25, -0.2) is 0 Å². The molecule has 0 aliphatic heterocycles. The van der Waals surface area contributed by atoms with Gasteiger partial charge in [0.05, 0.1) is 0 Å². The number of hydrogen-bond acceptors (Lipinski definition) is 2. The molecule has 132 valence electrons. The lowest BCUT2D eigenvalue weighted by Gasteiger charge is -2.12. The van der Waals surface area contributed by atoms with Gasteiger partial charge in [0.2, 0.25) is 0 Å². The Bertz CT molecular complexity index is 621. The number of hydrogen-bond donors (Lipinski definition) is 2. The van der Waals surface area contributed by atoms with Crippen molar-refractivity contribution < 1.29 is 4.74 Å². The molecule has 24 heavy (non-hydrogen) atoms. The second kappa shape index (κ2) is 10.7. The summed E-state index contributed by atoms with van der Waals surface area (Å²) in [4.78, 5) is 4.26. The minimum Gasteiger partial charge on any atom is -0.382 e. The number of aromatic nitrogens is 1. The fourth-order valence-electron chi connectivity index (χ4n) is 2.69. The van der Waals surface area contributed by atoms with E-state index in [0.717, 1.165) is 58.1 Å². The minimum absolute atomic E-state index is 0.799. The molecule has 1 aromatic heterocycles. The van der Waals surface area contributed by atoms with Crippen molar-refractivity contribution in [3.05, 3.63) is 36.5 Å². The zero-order chi connectivity index (χ0) is 17.0. The Hall–Kier alpha value is -2.01. The third kappa shape index (κ3) is 5.89. The maximum atomic E-state index is 5.34. The first kappa shape index (κ1) is 18.3. The largest absolute Gasteiger partial charge is 0.382 e. The molecule has 0 spiro atoms. The lowest BCUT2D eigenvalue weighted by atomic mass is 10.2. The topological polar surface area (TPSA) is 50.6 Å². The fourth-order valence-corrected chi connectivity index (χ4v) is 2.69. The van der Waals surface area contributed by atoms with Gasteiger partial charge in [0.1, 0.15) is 0 Å². The van der Waals surface area contributed by atoms with E-state index in [1.165, 1.54) is 10.9 Å². The van der Waals surface area contributed by atoms with Crippen LogP contribution in [0.2, 0.25) is 0 Å². The summed E-state index contributed by atoms with van der Waals surface area (Å²) in [6.07, 6.45) is 5.40. The van der Waals surface area contributed by atoms with Crippen LogP contribution in [0.4, 0.5) is 0 Å². The average molecular weight is 330 g/mol. The molecular formula is C19H30N4O. The van der Waals surface area contributed by atoms with Gasteiger partial charge in [0, 0.05) is 51.6 Å². The number of unbranched alkanes of at least 4 members (excludes halogenated alkanes) is 1. The molecule has 0 bridgehead atoms.